The van der Waals surface area contributed by atoms with Gasteiger partial charge in [-0.2, -0.15) is 4.31 Å². The molecule has 1 N–H and O–H groups in total. The molecule has 22 heavy (non-hydrogen) atoms. The molecule has 0 aliphatic carbocycles. The minimum absolute atomic E-state index is 0. The van der Waals surface area contributed by atoms with E-state index in [0.717, 1.165) is 19.0 Å². The molecule has 1 aromatic rings. The van der Waals surface area contributed by atoms with Crippen LogP contribution in [0, 0.1) is 10.1 Å². The lowest BCUT2D eigenvalue weighted by molar-refractivity contribution is -0.385. The summed E-state index contributed by atoms with van der Waals surface area (Å²) in [5.41, 5.74) is -0.211. The molecule has 1 saturated heterocycles. The zero-order chi connectivity index (χ0) is 15.5. The van der Waals surface area contributed by atoms with Crippen molar-refractivity contribution in [2.75, 3.05) is 19.6 Å². The van der Waals surface area contributed by atoms with Crippen molar-refractivity contribution < 1.29 is 13.3 Å². The van der Waals surface area contributed by atoms with Gasteiger partial charge < -0.3 is 5.32 Å². The molecular formula is C13H20ClN3O4S. The molecule has 7 nitrogen and oxygen atoms in total. The lowest BCUT2D eigenvalue weighted by Gasteiger charge is -2.27. The van der Waals surface area contributed by atoms with Gasteiger partial charge in [0.2, 0.25) is 10.0 Å². The Hall–Kier alpha value is -1.22. The minimum atomic E-state index is -3.71. The molecule has 124 valence electrons. The Balaban J connectivity index is 0.00000242. The molecular weight excluding hydrogens is 330 g/mol. The predicted octanol–water partition coefficient (Wildman–Crippen LogP) is 1.78. The Morgan fingerprint density at radius 3 is 2.73 bits per heavy atom. The van der Waals surface area contributed by atoms with Gasteiger partial charge in [-0.15, -0.1) is 12.4 Å². The van der Waals surface area contributed by atoms with Gasteiger partial charge in [-0.1, -0.05) is 13.0 Å². The van der Waals surface area contributed by atoms with Crippen LogP contribution in [0.4, 0.5) is 5.69 Å². The van der Waals surface area contributed by atoms with Crippen LogP contribution in [0.5, 0.6) is 0 Å². The number of nitro benzene ring substituents is 1. The van der Waals surface area contributed by atoms with E-state index in [-0.39, 0.29) is 29.0 Å². The molecule has 1 aromatic carbocycles. The van der Waals surface area contributed by atoms with Crippen LogP contribution in [-0.4, -0.2) is 43.3 Å². The molecule has 1 unspecified atom stereocenters. The molecule has 0 bridgehead atoms. The van der Waals surface area contributed by atoms with Crippen LogP contribution < -0.4 is 5.32 Å². The number of rotatable bonds is 6. The summed E-state index contributed by atoms with van der Waals surface area (Å²) in [5.74, 6) is 0. The van der Waals surface area contributed by atoms with E-state index in [0.29, 0.717) is 19.5 Å². The first-order valence-electron chi connectivity index (χ1n) is 6.94. The zero-order valence-corrected chi connectivity index (χ0v) is 13.9. The van der Waals surface area contributed by atoms with E-state index in [1.807, 2.05) is 6.92 Å². The lowest BCUT2D eigenvalue weighted by atomic mass is 10.2. The van der Waals surface area contributed by atoms with Crippen molar-refractivity contribution in [1.29, 1.82) is 0 Å². The normalized spacial score (nSPS) is 18.2. The third kappa shape index (κ3) is 3.95. The first-order chi connectivity index (χ1) is 9.96. The van der Waals surface area contributed by atoms with Crippen molar-refractivity contribution in [3.05, 3.63) is 34.4 Å². The number of sulfonamides is 1. The zero-order valence-electron chi connectivity index (χ0n) is 12.3. The van der Waals surface area contributed by atoms with Gasteiger partial charge in [-0.05, 0) is 25.5 Å². The largest absolute Gasteiger partial charge is 0.315 e. The van der Waals surface area contributed by atoms with Crippen LogP contribution in [0.1, 0.15) is 19.8 Å². The average molecular weight is 350 g/mol. The summed E-state index contributed by atoms with van der Waals surface area (Å²) >= 11 is 0. The smallest absolute Gasteiger partial charge is 0.270 e. The van der Waals surface area contributed by atoms with Crippen LogP contribution in [0.2, 0.25) is 0 Å². The molecule has 1 atom stereocenters. The predicted molar refractivity (Wildman–Crippen MR) is 85.8 cm³/mol. The highest BCUT2D eigenvalue weighted by molar-refractivity contribution is 7.89. The lowest BCUT2D eigenvalue weighted by Crippen LogP contribution is -2.42. The number of benzene rings is 1. The second-order valence-corrected chi connectivity index (χ2v) is 6.91. The summed E-state index contributed by atoms with van der Waals surface area (Å²) in [6.07, 6.45) is 1.46. The fourth-order valence-corrected chi connectivity index (χ4v) is 4.28. The number of nitrogens with zero attached hydrogens (tertiary/aromatic N) is 2. The maximum absolute atomic E-state index is 12.8. The minimum Gasteiger partial charge on any atom is -0.315 e. The second kappa shape index (κ2) is 7.87. The van der Waals surface area contributed by atoms with E-state index in [4.69, 9.17) is 0 Å². The van der Waals surface area contributed by atoms with Crippen LogP contribution in [0.3, 0.4) is 0 Å². The maximum atomic E-state index is 12.8. The second-order valence-electron chi connectivity index (χ2n) is 5.02. The molecule has 1 heterocycles. The first-order valence-corrected chi connectivity index (χ1v) is 8.38. The fraction of sp³-hybridized carbons (Fsp3) is 0.538. The summed E-state index contributed by atoms with van der Waals surface area (Å²) in [4.78, 5) is 10.2. The van der Waals surface area contributed by atoms with Crippen molar-refractivity contribution in [1.82, 2.24) is 9.62 Å². The maximum Gasteiger partial charge on any atom is 0.270 e. The number of hydrogen-bond donors (Lipinski definition) is 1. The van der Waals surface area contributed by atoms with E-state index < -0.39 is 14.9 Å². The van der Waals surface area contributed by atoms with Crippen molar-refractivity contribution in [2.45, 2.75) is 30.7 Å². The van der Waals surface area contributed by atoms with Crippen LogP contribution in [0.15, 0.2) is 29.2 Å². The van der Waals surface area contributed by atoms with Gasteiger partial charge >= 0.3 is 0 Å². The molecule has 1 aliphatic heterocycles. The molecule has 0 aromatic heterocycles. The van der Waals surface area contributed by atoms with Gasteiger partial charge in [0, 0.05) is 31.3 Å². The Labute approximate surface area is 136 Å². The molecule has 1 aliphatic rings. The third-order valence-electron chi connectivity index (χ3n) is 3.52. The number of nitrogens with one attached hydrogen (secondary N) is 1. The van der Waals surface area contributed by atoms with Crippen LogP contribution >= 0.6 is 12.4 Å². The van der Waals surface area contributed by atoms with Crippen molar-refractivity contribution in [3.8, 4) is 0 Å². The first kappa shape index (κ1) is 18.8. The van der Waals surface area contributed by atoms with Gasteiger partial charge in [-0.3, -0.25) is 10.1 Å². The monoisotopic (exact) mass is 349 g/mol. The molecule has 9 heteroatoms. The molecule has 0 amide bonds. The quantitative estimate of drug-likeness (QED) is 0.624. The highest BCUT2D eigenvalue weighted by atomic mass is 35.5. The highest BCUT2D eigenvalue weighted by Gasteiger charge is 2.33. The summed E-state index contributed by atoms with van der Waals surface area (Å²) < 4.78 is 27.0. The van der Waals surface area contributed by atoms with E-state index in [1.165, 1.54) is 22.5 Å². The van der Waals surface area contributed by atoms with E-state index in [2.05, 4.69) is 5.32 Å². The SMILES string of the molecule is CCCN(C1CCNC1)S(=O)(=O)c1cccc([N+](=O)[O-])c1.Cl. The fourth-order valence-electron chi connectivity index (χ4n) is 2.50. The highest BCUT2D eigenvalue weighted by Crippen LogP contribution is 2.24. The molecule has 2 rings (SSSR count). The van der Waals surface area contributed by atoms with Gasteiger partial charge in [-0.25, -0.2) is 8.42 Å². The van der Waals surface area contributed by atoms with Gasteiger partial charge in [0.25, 0.3) is 5.69 Å². The average Bonchev–Trinajstić information content (AvgIpc) is 2.98. The van der Waals surface area contributed by atoms with Gasteiger partial charge in [0.1, 0.15) is 0 Å². The third-order valence-corrected chi connectivity index (χ3v) is 5.47. The summed E-state index contributed by atoms with van der Waals surface area (Å²) in [6, 6.07) is 5.14. The van der Waals surface area contributed by atoms with E-state index >= 15 is 0 Å². The van der Waals surface area contributed by atoms with E-state index in [1.54, 1.807) is 0 Å². The molecule has 1 fully saturated rings. The number of halogens is 1. The topological polar surface area (TPSA) is 92.6 Å². The number of hydrogen-bond acceptors (Lipinski definition) is 5. The molecule has 0 saturated carbocycles. The van der Waals surface area contributed by atoms with Crippen molar-refractivity contribution in [3.63, 3.8) is 0 Å². The van der Waals surface area contributed by atoms with Crippen molar-refractivity contribution in [2.24, 2.45) is 0 Å². The standard InChI is InChI=1S/C13H19N3O4S.ClH/c1-2-8-15(12-6-7-14-10-12)21(19,20)13-5-3-4-11(9-13)16(17)18;/h3-5,9,12,14H,2,6-8,10H2,1H3;1H. The summed E-state index contributed by atoms with van der Waals surface area (Å²) in [6.45, 7) is 3.74. The summed E-state index contributed by atoms with van der Waals surface area (Å²) in [5, 5.41) is 14.0. The Morgan fingerprint density at radius 1 is 1.45 bits per heavy atom. The number of non-ortho nitro benzene ring substituents is 1. The molecule has 0 radical (unpaired) electrons. The number of nitro groups is 1. The Morgan fingerprint density at radius 2 is 2.18 bits per heavy atom. The van der Waals surface area contributed by atoms with Gasteiger partial charge in [0.05, 0.1) is 9.82 Å². The molecule has 0 spiro atoms. The Kier molecular flexibility index (Phi) is 6.73. The van der Waals surface area contributed by atoms with Crippen LogP contribution in [0.25, 0.3) is 0 Å². The van der Waals surface area contributed by atoms with Crippen molar-refractivity contribution >= 4 is 28.1 Å². The summed E-state index contributed by atoms with van der Waals surface area (Å²) in [7, 11) is -3.71. The van der Waals surface area contributed by atoms with E-state index in [9.17, 15) is 18.5 Å². The van der Waals surface area contributed by atoms with Gasteiger partial charge in [0.15, 0.2) is 0 Å². The Bertz CT molecular complexity index is 617. The van der Waals surface area contributed by atoms with Crippen LogP contribution in [-0.2, 0) is 10.0 Å².